The van der Waals surface area contributed by atoms with Crippen LogP contribution in [0.2, 0.25) is 0 Å². The van der Waals surface area contributed by atoms with Crippen LogP contribution in [0, 0.1) is 0 Å². The number of aromatic amines is 1. The Bertz CT molecular complexity index is 890. The van der Waals surface area contributed by atoms with E-state index in [1.165, 1.54) is 12.4 Å². The summed E-state index contributed by atoms with van der Waals surface area (Å²) in [6.07, 6.45) is 4.73. The number of nitrogens with zero attached hydrogens (tertiary/aromatic N) is 1. The average molecular weight is 407 g/mol. The Hall–Kier alpha value is -2.99. The predicted octanol–water partition coefficient (Wildman–Crippen LogP) is 0.372. The van der Waals surface area contributed by atoms with Gasteiger partial charge in [-0.3, -0.25) is 18.6 Å². The molecule has 0 saturated heterocycles. The van der Waals surface area contributed by atoms with Gasteiger partial charge in [-0.1, -0.05) is 24.3 Å². The van der Waals surface area contributed by atoms with Crippen LogP contribution in [0.15, 0.2) is 48.4 Å². The van der Waals surface area contributed by atoms with E-state index in [-0.39, 0.29) is 18.0 Å². The maximum absolute atomic E-state index is 11.5. The highest BCUT2D eigenvalue weighted by Crippen LogP contribution is 2.20. The molecule has 1 aromatic carbocycles. The average Bonchev–Trinajstić information content (AvgIpc) is 3.13. The Morgan fingerprint density at radius 2 is 1.86 bits per heavy atom. The van der Waals surface area contributed by atoms with Crippen LogP contribution < -0.4 is 5.73 Å². The molecule has 0 amide bonds. The maximum Gasteiger partial charge on any atom is 0.320 e. The fraction of sp³-hybridized carbons (Fsp3) is 0.176. The summed E-state index contributed by atoms with van der Waals surface area (Å²) < 4.78 is 25.3. The lowest BCUT2D eigenvalue weighted by Crippen LogP contribution is -2.32. The number of hydrogen-bond acceptors (Lipinski definition) is 8. The Morgan fingerprint density at radius 1 is 1.29 bits per heavy atom. The molecule has 4 N–H and O–H groups in total. The zero-order valence-corrected chi connectivity index (χ0v) is 15.5. The topological polar surface area (TPSA) is 189 Å². The van der Waals surface area contributed by atoms with Gasteiger partial charge >= 0.3 is 5.97 Å². The summed E-state index contributed by atoms with van der Waals surface area (Å²) >= 11 is -3.11. The lowest BCUT2D eigenvalue weighted by atomic mass is 9.90. The van der Waals surface area contributed by atoms with Crippen LogP contribution in [0.4, 0.5) is 0 Å². The number of carboxylic acid groups (broad SMARTS) is 1. The van der Waals surface area contributed by atoms with Crippen molar-refractivity contribution in [2.24, 2.45) is 5.73 Å². The summed E-state index contributed by atoms with van der Waals surface area (Å²) in [5.41, 5.74) is 7.55. The molecule has 0 aliphatic heterocycles. The van der Waals surface area contributed by atoms with Gasteiger partial charge in [0.15, 0.2) is 11.6 Å². The number of benzene rings is 1. The molecule has 1 aliphatic carbocycles. The van der Waals surface area contributed by atoms with Crippen molar-refractivity contribution >= 4 is 28.9 Å². The summed E-state index contributed by atoms with van der Waals surface area (Å²) in [5, 5.41) is 8.42. The molecular formula is C17H17N3O7S-2. The van der Waals surface area contributed by atoms with E-state index in [2.05, 4.69) is 9.97 Å². The summed E-state index contributed by atoms with van der Waals surface area (Å²) in [6.45, 7) is 1.66. The molecule has 1 heterocycles. The number of nitrogens with two attached hydrogens (primary N) is 1. The smallest absolute Gasteiger partial charge is 0.320 e. The molecule has 0 spiro atoms. The Morgan fingerprint density at radius 3 is 2.36 bits per heavy atom. The second-order valence-corrected chi connectivity index (χ2v) is 5.90. The molecule has 150 valence electrons. The molecule has 1 aliphatic rings. The maximum atomic E-state index is 11.5. The van der Waals surface area contributed by atoms with Crippen LogP contribution in [0.1, 0.15) is 33.3 Å². The zero-order valence-electron chi connectivity index (χ0n) is 14.7. The van der Waals surface area contributed by atoms with Crippen molar-refractivity contribution in [2.75, 3.05) is 0 Å². The van der Waals surface area contributed by atoms with Gasteiger partial charge in [-0.15, -0.1) is 11.4 Å². The van der Waals surface area contributed by atoms with Crippen molar-refractivity contribution in [3.63, 3.8) is 0 Å². The summed E-state index contributed by atoms with van der Waals surface area (Å²) in [4.78, 5) is 39.7. The van der Waals surface area contributed by atoms with E-state index >= 15 is 0 Å². The number of carbonyl (C=O) groups is 3. The Labute approximate surface area is 162 Å². The van der Waals surface area contributed by atoms with E-state index < -0.39 is 23.4 Å². The van der Waals surface area contributed by atoms with Crippen molar-refractivity contribution in [1.29, 1.82) is 0 Å². The van der Waals surface area contributed by atoms with E-state index in [0.717, 1.165) is 5.69 Å². The Balaban J connectivity index is 0.000000239. The molecule has 11 heteroatoms. The number of rotatable bonds is 3. The lowest BCUT2D eigenvalue weighted by Gasteiger charge is -2.11. The number of imidazole rings is 1. The molecule has 1 atom stereocenters. The van der Waals surface area contributed by atoms with E-state index in [9.17, 15) is 14.4 Å². The quantitative estimate of drug-likeness (QED) is 0.603. The van der Waals surface area contributed by atoms with Crippen molar-refractivity contribution < 1.29 is 32.8 Å². The number of aliphatic carboxylic acids is 1. The second-order valence-electron chi connectivity index (χ2n) is 5.50. The third kappa shape index (κ3) is 7.32. The minimum absolute atomic E-state index is 0.0461. The molecule has 10 nitrogen and oxygen atoms in total. The van der Waals surface area contributed by atoms with Crippen molar-refractivity contribution in [3.8, 4) is 0 Å². The molecule has 2 aromatic rings. The first-order chi connectivity index (χ1) is 13.1. The van der Waals surface area contributed by atoms with Gasteiger partial charge in [-0.2, -0.15) is 0 Å². The molecule has 3 rings (SSSR count). The lowest BCUT2D eigenvalue weighted by molar-refractivity contribution is -0.138. The fourth-order valence-corrected chi connectivity index (χ4v) is 2.17. The van der Waals surface area contributed by atoms with Crippen LogP contribution in [-0.2, 0) is 22.6 Å². The normalized spacial score (nSPS) is 13.4. The van der Waals surface area contributed by atoms with E-state index in [4.69, 9.17) is 24.2 Å². The number of allylic oxidation sites excluding steroid dienone is 2. The number of fused-ring (bicyclic) bond motifs is 1. The summed E-state index contributed by atoms with van der Waals surface area (Å²) in [5.74, 6) is -1.12. The van der Waals surface area contributed by atoms with Crippen molar-refractivity contribution in [2.45, 2.75) is 19.4 Å². The van der Waals surface area contributed by atoms with Crippen LogP contribution >= 0.6 is 0 Å². The van der Waals surface area contributed by atoms with E-state index in [1.807, 2.05) is 0 Å². The first kappa shape index (κ1) is 23.0. The number of ketones is 2. The molecule has 1 aromatic heterocycles. The number of aromatic nitrogens is 2. The van der Waals surface area contributed by atoms with Gasteiger partial charge in [-0.05, 0) is 13.0 Å². The monoisotopic (exact) mass is 407 g/mol. The van der Waals surface area contributed by atoms with Gasteiger partial charge in [0, 0.05) is 35.0 Å². The minimum Gasteiger partial charge on any atom is -0.784 e. The van der Waals surface area contributed by atoms with Crippen molar-refractivity contribution in [3.05, 3.63) is 65.3 Å². The van der Waals surface area contributed by atoms with Crippen LogP contribution in [0.25, 0.3) is 0 Å². The van der Waals surface area contributed by atoms with E-state index in [1.54, 1.807) is 37.4 Å². The molecule has 0 fully saturated rings. The Kier molecular flexibility index (Phi) is 9.05. The first-order valence-electron chi connectivity index (χ1n) is 7.72. The minimum atomic E-state index is -3.11. The molecule has 1 unspecified atom stereocenters. The molecule has 0 bridgehead atoms. The SMILES string of the molecule is CC1=CC(=O)c2ccccc2C1=O.NC(Cc1cnc[nH]1)C(=O)O.O=S([O-])[O-]. The van der Waals surface area contributed by atoms with Gasteiger partial charge in [0.1, 0.15) is 6.04 Å². The number of carbonyl (C=O) groups excluding carboxylic acids is 2. The zero-order chi connectivity index (χ0) is 21.3. The highest BCUT2D eigenvalue weighted by Gasteiger charge is 2.21. The van der Waals surface area contributed by atoms with E-state index in [0.29, 0.717) is 16.7 Å². The number of Topliss-reactive ketones (excluding diaryl/α,β-unsaturated/α-hetero) is 1. The summed E-state index contributed by atoms with van der Waals surface area (Å²) in [6, 6.07) is 6.04. The van der Waals surface area contributed by atoms with Gasteiger partial charge in [0.2, 0.25) is 0 Å². The largest absolute Gasteiger partial charge is 0.784 e. The van der Waals surface area contributed by atoms with Crippen LogP contribution in [-0.4, -0.2) is 52.0 Å². The fourth-order valence-electron chi connectivity index (χ4n) is 2.17. The standard InChI is InChI=1S/C11H8O2.C6H9N3O2.H2O3S/c1-7-6-10(12)8-4-2-3-5-9(8)11(7)13;7-5(6(10)11)1-4-2-8-3-9-4;1-4(2)3/h2-6H,1H3;2-3,5H,1,7H2,(H,8,9)(H,10,11);(H2,1,2,3)/p-2. The molecule has 28 heavy (non-hydrogen) atoms. The number of carboxylic acids is 1. The second kappa shape index (κ2) is 11.0. The van der Waals surface area contributed by atoms with Gasteiger partial charge in [-0.25, -0.2) is 4.98 Å². The van der Waals surface area contributed by atoms with Gasteiger partial charge in [0.05, 0.1) is 6.33 Å². The molecular weight excluding hydrogens is 390 g/mol. The molecule has 0 radical (unpaired) electrons. The number of H-pyrrole nitrogens is 1. The van der Waals surface area contributed by atoms with Gasteiger partial charge < -0.3 is 24.9 Å². The number of nitrogens with one attached hydrogen (secondary N) is 1. The van der Waals surface area contributed by atoms with Crippen molar-refractivity contribution in [1.82, 2.24) is 9.97 Å². The highest BCUT2D eigenvalue weighted by atomic mass is 32.2. The summed E-state index contributed by atoms with van der Waals surface area (Å²) in [7, 11) is 0. The highest BCUT2D eigenvalue weighted by molar-refractivity contribution is 7.72. The number of hydrogen-bond donors (Lipinski definition) is 3. The third-order valence-corrected chi connectivity index (χ3v) is 3.45. The predicted molar refractivity (Wildman–Crippen MR) is 96.5 cm³/mol. The van der Waals surface area contributed by atoms with Crippen LogP contribution in [0.5, 0.6) is 0 Å². The molecule has 0 saturated carbocycles. The first-order valence-corrected chi connectivity index (χ1v) is 8.72. The van der Waals surface area contributed by atoms with Crippen LogP contribution in [0.3, 0.4) is 0 Å². The third-order valence-electron chi connectivity index (χ3n) is 3.45. The van der Waals surface area contributed by atoms with Gasteiger partial charge in [0.25, 0.3) is 0 Å².